The molecule has 0 N–H and O–H groups in total. The molecule has 0 atom stereocenters. The number of rotatable bonds is 12. The number of aromatic nitrogens is 1. The van der Waals surface area contributed by atoms with Crippen molar-refractivity contribution in [3.63, 3.8) is 0 Å². The molecule has 5 rings (SSSR count). The van der Waals surface area contributed by atoms with Crippen LogP contribution in [-0.2, 0) is 26.8 Å². The summed E-state index contributed by atoms with van der Waals surface area (Å²) in [6, 6.07) is 9.84. The van der Waals surface area contributed by atoms with Crippen molar-refractivity contribution in [3.05, 3.63) is 63.4 Å². The van der Waals surface area contributed by atoms with E-state index in [1.165, 1.54) is 0 Å². The van der Waals surface area contributed by atoms with Gasteiger partial charge in [-0.1, -0.05) is 0 Å². The van der Waals surface area contributed by atoms with Crippen LogP contribution in [0.3, 0.4) is 0 Å². The molecular formula is C29H31N2O8S3Se-. The SMILES string of the molecule is CCC(/C=C1\[Se]c2cc(OC)c(C)cc2N1CCCS(=O)(=O)[O-])=C\c1sc2ccc3occc3c2[n+]1CCCS(=O)(=O)[O-]. The maximum absolute atomic E-state index is 11.4. The standard InChI is InChI=1S/C29H32N2O8S3Se/c1-4-20(17-28-30(10-5-13-41(32,33)34)22-15-19(2)24(38-3)18-26(22)43-28)16-27-31(11-6-14-42(35,36)37)29-21-9-12-39-23(21)7-8-25(29)40-27/h7-9,12,15-18H,4-6,10-11,13-14H2,1-3H3,(H-,32,33,34,35,36,37)/p-1. The van der Waals surface area contributed by atoms with E-state index in [9.17, 15) is 25.9 Å². The molecule has 230 valence electrons. The van der Waals surface area contributed by atoms with Crippen molar-refractivity contribution in [1.29, 1.82) is 0 Å². The fourth-order valence-electron chi connectivity index (χ4n) is 5.13. The molecule has 0 saturated heterocycles. The number of methoxy groups -OCH3 is 1. The topological polar surface area (TPSA) is 144 Å². The molecule has 0 unspecified atom stereocenters. The molecule has 1 aliphatic rings. The van der Waals surface area contributed by atoms with Gasteiger partial charge in [-0.15, -0.1) is 0 Å². The minimum absolute atomic E-state index is 0.0948. The average Bonchev–Trinajstić information content (AvgIpc) is 3.62. The van der Waals surface area contributed by atoms with Gasteiger partial charge in [-0.2, -0.15) is 0 Å². The molecule has 0 fully saturated rings. The van der Waals surface area contributed by atoms with Crippen LogP contribution in [0.25, 0.3) is 27.3 Å². The predicted octanol–water partition coefficient (Wildman–Crippen LogP) is 3.61. The van der Waals surface area contributed by atoms with Gasteiger partial charge >= 0.3 is 262 Å². The third-order valence-corrected chi connectivity index (χ3v) is 12.1. The van der Waals surface area contributed by atoms with Gasteiger partial charge in [0.2, 0.25) is 0 Å². The van der Waals surface area contributed by atoms with Gasteiger partial charge in [-0.3, -0.25) is 0 Å². The number of nitrogens with zero attached hydrogens (tertiary/aromatic N) is 2. The second-order valence-electron chi connectivity index (χ2n) is 10.2. The first-order chi connectivity index (χ1) is 20.4. The van der Waals surface area contributed by atoms with E-state index in [1.807, 2.05) is 37.3 Å². The number of aryl methyl sites for hydroxylation is 2. The molecule has 1 aliphatic heterocycles. The summed E-state index contributed by atoms with van der Waals surface area (Å²) in [5, 5.41) is 1.82. The van der Waals surface area contributed by atoms with E-state index in [0.29, 0.717) is 19.5 Å². The van der Waals surface area contributed by atoms with Crippen molar-refractivity contribution in [2.24, 2.45) is 0 Å². The van der Waals surface area contributed by atoms with E-state index in [0.717, 1.165) is 57.8 Å². The van der Waals surface area contributed by atoms with Crippen molar-refractivity contribution in [2.45, 2.75) is 39.7 Å². The number of hydrogen-bond acceptors (Lipinski definition) is 10. The van der Waals surface area contributed by atoms with Crippen LogP contribution in [0.5, 0.6) is 5.75 Å². The Hall–Kier alpha value is -2.71. The molecule has 2 aromatic carbocycles. The first-order valence-electron chi connectivity index (χ1n) is 13.6. The molecule has 0 bridgehead atoms. The number of fused-ring (bicyclic) bond motifs is 4. The van der Waals surface area contributed by atoms with Gasteiger partial charge in [0.25, 0.3) is 0 Å². The van der Waals surface area contributed by atoms with E-state index in [-0.39, 0.29) is 27.8 Å². The van der Waals surface area contributed by atoms with Crippen molar-refractivity contribution < 1.29 is 39.7 Å². The second-order valence-corrected chi connectivity index (χ2v) is 16.5. The molecule has 10 nitrogen and oxygen atoms in total. The summed E-state index contributed by atoms with van der Waals surface area (Å²) < 4.78 is 84.4. The molecule has 0 saturated carbocycles. The van der Waals surface area contributed by atoms with Crippen LogP contribution in [0.4, 0.5) is 5.69 Å². The van der Waals surface area contributed by atoms with Crippen LogP contribution < -0.4 is 18.7 Å². The molecular weight excluding hydrogens is 679 g/mol. The number of benzene rings is 2. The summed E-state index contributed by atoms with van der Waals surface area (Å²) in [7, 11) is -7.05. The van der Waals surface area contributed by atoms with Gasteiger partial charge in [0.05, 0.1) is 0 Å². The number of ether oxygens (including phenoxy) is 1. The Kier molecular flexibility index (Phi) is 9.38. The average molecular weight is 711 g/mol. The summed E-state index contributed by atoms with van der Waals surface area (Å²) in [5.74, 6) is -0.106. The van der Waals surface area contributed by atoms with Gasteiger partial charge in [0.15, 0.2) is 0 Å². The zero-order chi connectivity index (χ0) is 30.9. The Morgan fingerprint density at radius 1 is 1.12 bits per heavy atom. The summed E-state index contributed by atoms with van der Waals surface area (Å²) in [6.07, 6.45) is 6.91. The monoisotopic (exact) mass is 711 g/mol. The zero-order valence-electron chi connectivity index (χ0n) is 23.9. The predicted molar refractivity (Wildman–Crippen MR) is 167 cm³/mol. The second kappa shape index (κ2) is 12.7. The van der Waals surface area contributed by atoms with Crippen molar-refractivity contribution in [1.82, 2.24) is 0 Å². The third kappa shape index (κ3) is 7.34. The Morgan fingerprint density at radius 2 is 1.86 bits per heavy atom. The van der Waals surface area contributed by atoms with E-state index in [2.05, 4.69) is 28.5 Å². The molecule has 0 amide bonds. The molecule has 3 heterocycles. The van der Waals surface area contributed by atoms with E-state index in [1.54, 1.807) is 24.7 Å². The van der Waals surface area contributed by atoms with E-state index in [4.69, 9.17) is 9.15 Å². The van der Waals surface area contributed by atoms with Crippen molar-refractivity contribution in [2.75, 3.05) is 30.1 Å². The van der Waals surface area contributed by atoms with E-state index >= 15 is 0 Å². The van der Waals surface area contributed by atoms with Gasteiger partial charge in [0.1, 0.15) is 0 Å². The maximum atomic E-state index is 11.4. The first-order valence-corrected chi connectivity index (χ1v) is 19.3. The Balaban J connectivity index is 1.56. The van der Waals surface area contributed by atoms with Crippen LogP contribution in [0.15, 0.2) is 57.3 Å². The van der Waals surface area contributed by atoms with Crippen LogP contribution >= 0.6 is 11.3 Å². The molecule has 0 spiro atoms. The third-order valence-electron chi connectivity index (χ3n) is 7.15. The minimum atomic E-state index is -4.35. The fourth-order valence-corrected chi connectivity index (χ4v) is 9.74. The number of thiazole rings is 1. The van der Waals surface area contributed by atoms with Crippen molar-refractivity contribution >= 4 is 83.9 Å². The fraction of sp³-hybridized carbons (Fsp3) is 0.345. The Labute approximate surface area is 261 Å². The summed E-state index contributed by atoms with van der Waals surface area (Å²) in [6.45, 7) is 4.74. The summed E-state index contributed by atoms with van der Waals surface area (Å²) in [5.41, 5.74) is 4.62. The number of hydrogen-bond donors (Lipinski definition) is 0. The Bertz CT molecular complexity index is 1960. The van der Waals surface area contributed by atoms with Gasteiger partial charge < -0.3 is 0 Å². The van der Waals surface area contributed by atoms with Crippen LogP contribution in [-0.4, -0.2) is 66.1 Å². The molecule has 2 aromatic heterocycles. The van der Waals surface area contributed by atoms with Gasteiger partial charge in [0, 0.05) is 0 Å². The van der Waals surface area contributed by atoms with Gasteiger partial charge in [-0.05, 0) is 0 Å². The Morgan fingerprint density at radius 3 is 2.56 bits per heavy atom. The zero-order valence-corrected chi connectivity index (χ0v) is 28.0. The molecule has 0 aliphatic carbocycles. The van der Waals surface area contributed by atoms with Crippen LogP contribution in [0.2, 0.25) is 0 Å². The molecule has 14 heteroatoms. The number of allylic oxidation sites excluding steroid dienone is 2. The first kappa shape index (κ1) is 31.7. The molecule has 43 heavy (non-hydrogen) atoms. The number of furan rings is 1. The van der Waals surface area contributed by atoms with Crippen LogP contribution in [0, 0.1) is 6.92 Å². The molecule has 0 radical (unpaired) electrons. The normalized spacial score (nSPS) is 15.2. The van der Waals surface area contributed by atoms with Crippen LogP contribution in [0.1, 0.15) is 36.8 Å². The van der Waals surface area contributed by atoms with Gasteiger partial charge in [-0.25, -0.2) is 0 Å². The summed E-state index contributed by atoms with van der Waals surface area (Å²) >= 11 is 1.48. The molecule has 4 aromatic rings. The summed E-state index contributed by atoms with van der Waals surface area (Å²) in [4.78, 5) is 2.10. The number of anilines is 1. The van der Waals surface area contributed by atoms with Crippen molar-refractivity contribution in [3.8, 4) is 5.75 Å². The van der Waals surface area contributed by atoms with E-state index < -0.39 is 31.7 Å². The quantitative estimate of drug-likeness (QED) is 0.122.